The fraction of sp³-hybridized carbons (Fsp3) is 0.417. The third-order valence-corrected chi connectivity index (χ3v) is 3.12. The fourth-order valence-corrected chi connectivity index (χ4v) is 2.15. The third-order valence-electron chi connectivity index (χ3n) is 2.08. The van der Waals surface area contributed by atoms with Gasteiger partial charge in [0.1, 0.15) is 11.5 Å². The summed E-state index contributed by atoms with van der Waals surface area (Å²) in [5, 5.41) is 8.47. The minimum absolute atomic E-state index is 0.267. The molecule has 1 N–H and O–H groups in total. The van der Waals surface area contributed by atoms with Crippen molar-refractivity contribution in [3.05, 3.63) is 18.2 Å². The lowest BCUT2D eigenvalue weighted by atomic mass is 10.3. The monoisotopic (exact) mass is 284 g/mol. The van der Waals surface area contributed by atoms with Crippen LogP contribution in [0.25, 0.3) is 0 Å². The molecule has 0 spiro atoms. The van der Waals surface area contributed by atoms with Crippen LogP contribution in [0.3, 0.4) is 0 Å². The van der Waals surface area contributed by atoms with Crippen molar-refractivity contribution in [1.29, 1.82) is 5.26 Å². The number of ether oxygens (including phenoxy) is 2. The van der Waals surface area contributed by atoms with Crippen molar-refractivity contribution >= 4 is 15.7 Å². The second-order valence-corrected chi connectivity index (χ2v) is 5.27. The lowest BCUT2D eigenvalue weighted by Crippen LogP contribution is -2.16. The van der Waals surface area contributed by atoms with Gasteiger partial charge in [0.05, 0.1) is 25.0 Å². The zero-order valence-electron chi connectivity index (χ0n) is 10.8. The van der Waals surface area contributed by atoms with Crippen LogP contribution in [0.15, 0.2) is 18.2 Å². The van der Waals surface area contributed by atoms with Crippen molar-refractivity contribution in [1.82, 2.24) is 0 Å². The van der Waals surface area contributed by atoms with E-state index in [1.54, 1.807) is 25.1 Å². The summed E-state index contributed by atoms with van der Waals surface area (Å²) in [6, 6.07) is 6.44. The zero-order valence-corrected chi connectivity index (χ0v) is 11.7. The second-order valence-electron chi connectivity index (χ2n) is 3.54. The maximum atomic E-state index is 11.6. The number of benzene rings is 1. The maximum Gasteiger partial charge on any atom is 0.246 e. The molecular formula is C12H16N2O4S. The van der Waals surface area contributed by atoms with Gasteiger partial charge in [-0.05, 0) is 26.0 Å². The molecule has 0 unspecified atom stereocenters. The minimum atomic E-state index is -3.70. The molecule has 0 heterocycles. The number of hydrogen-bond acceptors (Lipinski definition) is 5. The van der Waals surface area contributed by atoms with Crippen LogP contribution in [0, 0.1) is 11.3 Å². The predicted molar refractivity (Wildman–Crippen MR) is 71.8 cm³/mol. The van der Waals surface area contributed by atoms with Gasteiger partial charge in [0.15, 0.2) is 5.75 Å². The van der Waals surface area contributed by atoms with Gasteiger partial charge in [-0.1, -0.05) is 0 Å². The van der Waals surface area contributed by atoms with E-state index in [4.69, 9.17) is 14.7 Å². The summed E-state index contributed by atoms with van der Waals surface area (Å²) in [6.45, 7) is 4.50. The predicted octanol–water partition coefficient (Wildman–Crippen LogP) is 1.75. The van der Waals surface area contributed by atoms with E-state index in [2.05, 4.69) is 4.72 Å². The Balaban J connectivity index is 3.07. The molecule has 0 aliphatic rings. The topological polar surface area (TPSA) is 88.4 Å². The molecule has 0 aliphatic carbocycles. The van der Waals surface area contributed by atoms with E-state index >= 15 is 0 Å². The quantitative estimate of drug-likeness (QED) is 0.824. The average Bonchev–Trinajstić information content (AvgIpc) is 2.32. The molecule has 1 rings (SSSR count). The standard InChI is InChI=1S/C12H16N2O4S/c1-3-17-10-5-6-12(18-4-2)11(9-10)14-19(15,16)8-7-13/h5-6,9,14H,3-4,8H2,1-2H3. The maximum absolute atomic E-state index is 11.6. The molecule has 0 aromatic heterocycles. The van der Waals surface area contributed by atoms with Crippen LogP contribution in [0.4, 0.5) is 5.69 Å². The third kappa shape index (κ3) is 4.67. The molecule has 0 saturated carbocycles. The Morgan fingerprint density at radius 2 is 1.95 bits per heavy atom. The summed E-state index contributed by atoms with van der Waals surface area (Å²) >= 11 is 0. The Kier molecular flexibility index (Phi) is 5.45. The van der Waals surface area contributed by atoms with Crippen molar-refractivity contribution in [2.45, 2.75) is 13.8 Å². The Hall–Kier alpha value is -1.94. The van der Waals surface area contributed by atoms with Crippen molar-refractivity contribution in [2.75, 3.05) is 23.7 Å². The van der Waals surface area contributed by atoms with E-state index in [0.29, 0.717) is 24.7 Å². The molecule has 1 aromatic carbocycles. The summed E-state index contributed by atoms with van der Waals surface area (Å²) in [6.07, 6.45) is 0. The van der Waals surface area contributed by atoms with Gasteiger partial charge in [0.25, 0.3) is 0 Å². The first-order chi connectivity index (χ1) is 9.02. The lowest BCUT2D eigenvalue weighted by Gasteiger charge is -2.13. The van der Waals surface area contributed by atoms with Gasteiger partial charge in [-0.15, -0.1) is 0 Å². The summed E-state index contributed by atoms with van der Waals surface area (Å²) < 4.78 is 36.1. The van der Waals surface area contributed by atoms with Crippen LogP contribution < -0.4 is 14.2 Å². The molecule has 104 valence electrons. The lowest BCUT2D eigenvalue weighted by molar-refractivity contribution is 0.332. The highest BCUT2D eigenvalue weighted by Crippen LogP contribution is 2.30. The number of nitrogens with zero attached hydrogens (tertiary/aromatic N) is 1. The Bertz CT molecular complexity index is 564. The van der Waals surface area contributed by atoms with Crippen molar-refractivity contribution in [2.24, 2.45) is 0 Å². The molecule has 7 heteroatoms. The minimum Gasteiger partial charge on any atom is -0.494 e. The fourth-order valence-electron chi connectivity index (χ4n) is 1.42. The van der Waals surface area contributed by atoms with Gasteiger partial charge < -0.3 is 9.47 Å². The number of anilines is 1. The van der Waals surface area contributed by atoms with Crippen molar-refractivity contribution in [3.63, 3.8) is 0 Å². The zero-order chi connectivity index (χ0) is 14.3. The molecule has 0 atom stereocenters. The Labute approximate surface area is 113 Å². The number of sulfonamides is 1. The average molecular weight is 284 g/mol. The van der Waals surface area contributed by atoms with Gasteiger partial charge in [-0.2, -0.15) is 5.26 Å². The highest BCUT2D eigenvalue weighted by Gasteiger charge is 2.14. The van der Waals surface area contributed by atoms with Crippen molar-refractivity contribution < 1.29 is 17.9 Å². The number of nitrogens with one attached hydrogen (secondary N) is 1. The Morgan fingerprint density at radius 3 is 2.53 bits per heavy atom. The van der Waals surface area contributed by atoms with Crippen LogP contribution in [-0.2, 0) is 10.0 Å². The van der Waals surface area contributed by atoms with Crippen LogP contribution in [0.1, 0.15) is 13.8 Å². The van der Waals surface area contributed by atoms with Gasteiger partial charge >= 0.3 is 0 Å². The normalized spacial score (nSPS) is 10.6. The second kappa shape index (κ2) is 6.85. The molecule has 6 nitrogen and oxygen atoms in total. The number of rotatable bonds is 7. The first-order valence-corrected chi connectivity index (χ1v) is 7.44. The molecule has 19 heavy (non-hydrogen) atoms. The summed E-state index contributed by atoms with van der Waals surface area (Å²) in [5.41, 5.74) is 0.267. The summed E-state index contributed by atoms with van der Waals surface area (Å²) in [7, 11) is -3.70. The van der Waals surface area contributed by atoms with Crippen LogP contribution >= 0.6 is 0 Å². The van der Waals surface area contributed by atoms with E-state index in [1.807, 2.05) is 6.92 Å². The van der Waals surface area contributed by atoms with Crippen LogP contribution in [0.5, 0.6) is 11.5 Å². The molecule has 0 saturated heterocycles. The Morgan fingerprint density at radius 1 is 1.26 bits per heavy atom. The first-order valence-electron chi connectivity index (χ1n) is 5.79. The largest absolute Gasteiger partial charge is 0.494 e. The van der Waals surface area contributed by atoms with Crippen molar-refractivity contribution in [3.8, 4) is 17.6 Å². The molecule has 0 radical (unpaired) electrons. The number of hydrogen-bond donors (Lipinski definition) is 1. The molecule has 0 bridgehead atoms. The summed E-state index contributed by atoms with van der Waals surface area (Å²) in [4.78, 5) is 0. The molecule has 0 aliphatic heterocycles. The van der Waals surface area contributed by atoms with Gasteiger partial charge in [0, 0.05) is 6.07 Å². The van der Waals surface area contributed by atoms with Gasteiger partial charge in [-0.3, -0.25) is 4.72 Å². The van der Waals surface area contributed by atoms with E-state index < -0.39 is 15.8 Å². The smallest absolute Gasteiger partial charge is 0.246 e. The first kappa shape index (κ1) is 15.1. The summed E-state index contributed by atoms with van der Waals surface area (Å²) in [5.74, 6) is 0.310. The van der Waals surface area contributed by atoms with E-state index in [1.165, 1.54) is 6.07 Å². The van der Waals surface area contributed by atoms with Gasteiger partial charge in [0.2, 0.25) is 10.0 Å². The van der Waals surface area contributed by atoms with E-state index in [-0.39, 0.29) is 5.69 Å². The van der Waals surface area contributed by atoms with Gasteiger partial charge in [-0.25, -0.2) is 8.42 Å². The number of nitriles is 1. The molecule has 1 aromatic rings. The highest BCUT2D eigenvalue weighted by molar-refractivity contribution is 7.92. The highest BCUT2D eigenvalue weighted by atomic mass is 32.2. The van der Waals surface area contributed by atoms with E-state index in [0.717, 1.165) is 0 Å². The molecule has 0 amide bonds. The van der Waals surface area contributed by atoms with Crippen LogP contribution in [-0.4, -0.2) is 27.4 Å². The SMILES string of the molecule is CCOc1ccc(OCC)c(NS(=O)(=O)CC#N)c1. The van der Waals surface area contributed by atoms with E-state index in [9.17, 15) is 8.42 Å². The molecule has 0 fully saturated rings. The van der Waals surface area contributed by atoms with Crippen LogP contribution in [0.2, 0.25) is 0 Å². The molecular weight excluding hydrogens is 268 g/mol.